The number of para-hydroxylation sites is 1. The van der Waals surface area contributed by atoms with Crippen LogP contribution in [0.25, 0.3) is 5.69 Å². The predicted octanol–water partition coefficient (Wildman–Crippen LogP) is 1.64. The molecule has 0 fully saturated rings. The number of allylic oxidation sites excluding steroid dienone is 1. The number of aliphatic hydroxyl groups is 1. The molecular weight excluding hydrogens is 438 g/mol. The van der Waals surface area contributed by atoms with Crippen molar-refractivity contribution in [1.29, 1.82) is 0 Å². The van der Waals surface area contributed by atoms with Gasteiger partial charge in [-0.05, 0) is 31.6 Å². The van der Waals surface area contributed by atoms with E-state index in [2.05, 4.69) is 15.3 Å². The number of carbonyl (C=O) groups excluding carboxylic acids is 1. The van der Waals surface area contributed by atoms with Gasteiger partial charge in [0.2, 0.25) is 6.29 Å². The van der Waals surface area contributed by atoms with E-state index in [-0.39, 0.29) is 37.0 Å². The molecule has 3 N–H and O–H groups in total. The third-order valence-electron chi connectivity index (χ3n) is 5.83. The first kappa shape index (κ1) is 23.5. The monoisotopic (exact) mass is 467 g/mol. The van der Waals surface area contributed by atoms with E-state index in [9.17, 15) is 9.59 Å². The molecule has 2 aromatic heterocycles. The molecule has 2 atom stereocenters. The molecule has 34 heavy (non-hydrogen) atoms. The Labute approximate surface area is 196 Å². The number of aromatic amines is 1. The molecule has 0 aliphatic carbocycles. The normalized spacial score (nSPS) is 17.8. The van der Waals surface area contributed by atoms with Gasteiger partial charge in [-0.25, -0.2) is 9.67 Å². The summed E-state index contributed by atoms with van der Waals surface area (Å²) in [6.07, 6.45) is 5.05. The van der Waals surface area contributed by atoms with E-state index in [4.69, 9.17) is 14.6 Å². The van der Waals surface area contributed by atoms with Crippen molar-refractivity contribution in [3.8, 4) is 5.69 Å². The Morgan fingerprint density at radius 1 is 1.35 bits per heavy atom. The van der Waals surface area contributed by atoms with Crippen LogP contribution in [-0.2, 0) is 27.9 Å². The van der Waals surface area contributed by atoms with Gasteiger partial charge in [0.1, 0.15) is 5.82 Å². The SMILES string of the molecule is Cc1c([C@H]2C=C(C(=O)NCc3ncc[nH]3)O[C@@H](OCCCO)C2)c(=O)n(-c2ccccc2)n1C. The standard InChI is InChI=1S/C24H29N5O5/c1-16-22(24(32)29(28(16)2)18-7-4-3-5-8-18)17-13-19(34-21(14-17)33-12-6-11-30)23(31)27-15-20-25-9-10-26-20/h3-5,7-10,13,17,21,30H,6,11-12,14-15H2,1-2H3,(H,25,26)(H,27,31)/t17-,21+/m0/s1. The van der Waals surface area contributed by atoms with Gasteiger partial charge in [0.15, 0.2) is 5.76 Å². The molecule has 1 aliphatic heterocycles. The zero-order valence-corrected chi connectivity index (χ0v) is 19.2. The number of rotatable bonds is 9. The Bertz CT molecular complexity index is 1200. The minimum atomic E-state index is -0.727. The molecule has 10 nitrogen and oxygen atoms in total. The van der Waals surface area contributed by atoms with Gasteiger partial charge in [-0.2, -0.15) is 0 Å². The number of amides is 1. The molecule has 10 heteroatoms. The van der Waals surface area contributed by atoms with Crippen LogP contribution in [0, 0.1) is 6.92 Å². The maximum absolute atomic E-state index is 13.5. The molecule has 1 amide bonds. The van der Waals surface area contributed by atoms with Gasteiger partial charge in [0.05, 0.1) is 18.8 Å². The number of hydrogen-bond acceptors (Lipinski definition) is 6. The number of hydrogen-bond donors (Lipinski definition) is 3. The van der Waals surface area contributed by atoms with Crippen LogP contribution in [0.15, 0.2) is 59.4 Å². The second-order valence-electron chi connectivity index (χ2n) is 8.06. The molecular formula is C24H29N5O5. The molecule has 0 saturated carbocycles. The fourth-order valence-electron chi connectivity index (χ4n) is 4.06. The smallest absolute Gasteiger partial charge is 0.286 e. The highest BCUT2D eigenvalue weighted by Crippen LogP contribution is 2.32. The van der Waals surface area contributed by atoms with Crippen LogP contribution in [0.1, 0.15) is 35.8 Å². The van der Waals surface area contributed by atoms with E-state index in [1.165, 1.54) is 0 Å². The maximum Gasteiger partial charge on any atom is 0.286 e. The number of imidazole rings is 1. The van der Waals surface area contributed by atoms with Gasteiger partial charge in [-0.1, -0.05) is 18.2 Å². The third kappa shape index (κ3) is 4.97. The molecule has 1 aliphatic rings. The van der Waals surface area contributed by atoms with E-state index in [1.807, 2.05) is 49.0 Å². The van der Waals surface area contributed by atoms with Crippen LogP contribution in [0.3, 0.4) is 0 Å². The molecule has 180 valence electrons. The number of nitrogens with zero attached hydrogens (tertiary/aromatic N) is 3. The summed E-state index contributed by atoms with van der Waals surface area (Å²) >= 11 is 0. The van der Waals surface area contributed by atoms with Crippen LogP contribution >= 0.6 is 0 Å². The molecule has 0 bridgehead atoms. The number of benzene rings is 1. The van der Waals surface area contributed by atoms with Crippen molar-refractivity contribution in [2.24, 2.45) is 7.05 Å². The Morgan fingerprint density at radius 2 is 2.15 bits per heavy atom. The molecule has 3 aromatic rings. The minimum absolute atomic E-state index is 0.0118. The Hall–Kier alpha value is -3.63. The lowest BCUT2D eigenvalue weighted by Gasteiger charge is -2.28. The number of H-pyrrole nitrogens is 1. The van der Waals surface area contributed by atoms with Crippen molar-refractivity contribution in [2.45, 2.75) is 38.5 Å². The first-order chi connectivity index (χ1) is 16.5. The number of aliphatic hydroxyl groups excluding tert-OH is 1. The number of ether oxygens (including phenoxy) is 2. The van der Waals surface area contributed by atoms with Crippen molar-refractivity contribution >= 4 is 5.91 Å². The van der Waals surface area contributed by atoms with Crippen molar-refractivity contribution in [3.05, 3.63) is 82.0 Å². The molecule has 4 rings (SSSR count). The summed E-state index contributed by atoms with van der Waals surface area (Å²) in [6.45, 7) is 2.36. The number of aromatic nitrogens is 4. The second kappa shape index (κ2) is 10.5. The largest absolute Gasteiger partial charge is 0.459 e. The van der Waals surface area contributed by atoms with Gasteiger partial charge in [-0.3, -0.25) is 14.3 Å². The summed E-state index contributed by atoms with van der Waals surface area (Å²) in [5.41, 5.74) is 1.98. The fourth-order valence-corrected chi connectivity index (χ4v) is 4.06. The Kier molecular flexibility index (Phi) is 7.29. The summed E-state index contributed by atoms with van der Waals surface area (Å²) in [7, 11) is 1.84. The van der Waals surface area contributed by atoms with Crippen LogP contribution in [-0.4, -0.2) is 49.8 Å². The lowest BCUT2D eigenvalue weighted by Crippen LogP contribution is -2.34. The highest BCUT2D eigenvalue weighted by Gasteiger charge is 2.33. The topological polar surface area (TPSA) is 123 Å². The highest BCUT2D eigenvalue weighted by molar-refractivity contribution is 5.91. The number of carbonyl (C=O) groups is 1. The average molecular weight is 468 g/mol. The van der Waals surface area contributed by atoms with E-state index in [1.54, 1.807) is 23.2 Å². The van der Waals surface area contributed by atoms with Crippen LogP contribution in [0.5, 0.6) is 0 Å². The van der Waals surface area contributed by atoms with Crippen LogP contribution in [0.4, 0.5) is 0 Å². The summed E-state index contributed by atoms with van der Waals surface area (Å²) in [4.78, 5) is 33.4. The average Bonchev–Trinajstić information content (AvgIpc) is 3.44. The van der Waals surface area contributed by atoms with Gasteiger partial charge < -0.3 is 24.9 Å². The first-order valence-electron chi connectivity index (χ1n) is 11.2. The molecule has 0 unspecified atom stereocenters. The van der Waals surface area contributed by atoms with E-state index >= 15 is 0 Å². The van der Waals surface area contributed by atoms with Crippen molar-refractivity contribution < 1.29 is 19.4 Å². The zero-order valence-electron chi connectivity index (χ0n) is 19.2. The van der Waals surface area contributed by atoms with Gasteiger partial charge in [-0.15, -0.1) is 0 Å². The molecule has 3 heterocycles. The van der Waals surface area contributed by atoms with E-state index in [0.29, 0.717) is 24.2 Å². The van der Waals surface area contributed by atoms with Gasteiger partial charge >= 0.3 is 0 Å². The fraction of sp³-hybridized carbons (Fsp3) is 0.375. The summed E-state index contributed by atoms with van der Waals surface area (Å²) in [5.74, 6) is -0.109. The zero-order chi connectivity index (χ0) is 24.1. The molecule has 0 spiro atoms. The van der Waals surface area contributed by atoms with E-state index < -0.39 is 12.2 Å². The highest BCUT2D eigenvalue weighted by atomic mass is 16.7. The lowest BCUT2D eigenvalue weighted by atomic mass is 9.93. The van der Waals surface area contributed by atoms with Crippen LogP contribution in [0.2, 0.25) is 0 Å². The first-order valence-corrected chi connectivity index (χ1v) is 11.2. The Balaban J connectivity index is 1.65. The van der Waals surface area contributed by atoms with Crippen molar-refractivity contribution in [1.82, 2.24) is 24.6 Å². The van der Waals surface area contributed by atoms with Gasteiger partial charge in [0.25, 0.3) is 11.5 Å². The van der Waals surface area contributed by atoms with Crippen molar-refractivity contribution in [3.63, 3.8) is 0 Å². The van der Waals surface area contributed by atoms with Gasteiger partial charge in [0, 0.05) is 49.6 Å². The Morgan fingerprint density at radius 3 is 2.85 bits per heavy atom. The third-order valence-corrected chi connectivity index (χ3v) is 5.83. The molecule has 1 aromatic carbocycles. The molecule has 0 radical (unpaired) electrons. The summed E-state index contributed by atoms with van der Waals surface area (Å²) in [5, 5.41) is 11.9. The quantitative estimate of drug-likeness (QED) is 0.411. The van der Waals surface area contributed by atoms with E-state index in [0.717, 1.165) is 11.4 Å². The van der Waals surface area contributed by atoms with Crippen LogP contribution < -0.4 is 10.9 Å². The predicted molar refractivity (Wildman–Crippen MR) is 124 cm³/mol. The number of nitrogens with one attached hydrogen (secondary N) is 2. The van der Waals surface area contributed by atoms with Crippen molar-refractivity contribution in [2.75, 3.05) is 13.2 Å². The molecule has 0 saturated heterocycles. The second-order valence-corrected chi connectivity index (χ2v) is 8.06. The minimum Gasteiger partial charge on any atom is -0.459 e. The lowest BCUT2D eigenvalue weighted by molar-refractivity contribution is -0.147. The summed E-state index contributed by atoms with van der Waals surface area (Å²) < 4.78 is 15.0. The maximum atomic E-state index is 13.5. The summed E-state index contributed by atoms with van der Waals surface area (Å²) in [6, 6.07) is 9.40.